The third-order valence-electron chi connectivity index (χ3n) is 6.32. The van der Waals surface area contributed by atoms with Crippen molar-refractivity contribution in [1.82, 2.24) is 9.80 Å². The first-order chi connectivity index (χ1) is 14.7. The maximum absolute atomic E-state index is 14.1. The summed E-state index contributed by atoms with van der Waals surface area (Å²) >= 11 is 0. The molecular weight excluding hydrogens is 381 g/mol. The molecule has 0 spiro atoms. The number of benzene rings is 2. The number of nitrogens with zero attached hydrogens (tertiary/aromatic N) is 3. The molecule has 2 aliphatic rings. The highest BCUT2D eigenvalue weighted by Crippen LogP contribution is 2.26. The lowest BCUT2D eigenvalue weighted by Crippen LogP contribution is -2.55. The van der Waals surface area contributed by atoms with Crippen LogP contribution < -0.4 is 14.4 Å². The normalized spacial score (nSPS) is 20.9. The predicted molar refractivity (Wildman–Crippen MR) is 118 cm³/mol. The average Bonchev–Trinajstić information content (AvgIpc) is 2.79. The van der Waals surface area contributed by atoms with Gasteiger partial charge >= 0.3 is 0 Å². The summed E-state index contributed by atoms with van der Waals surface area (Å²) in [6.07, 6.45) is 2.44. The van der Waals surface area contributed by atoms with Gasteiger partial charge < -0.3 is 14.4 Å². The van der Waals surface area contributed by atoms with Crippen LogP contribution in [0.2, 0.25) is 0 Å². The molecule has 1 atom stereocenters. The van der Waals surface area contributed by atoms with E-state index in [9.17, 15) is 4.39 Å². The average molecular weight is 414 g/mol. The topological polar surface area (TPSA) is 28.2 Å². The summed E-state index contributed by atoms with van der Waals surface area (Å²) in [5, 5.41) is 0. The summed E-state index contributed by atoms with van der Waals surface area (Å²) in [7, 11) is 3.38. The van der Waals surface area contributed by atoms with Gasteiger partial charge in [-0.1, -0.05) is 12.1 Å². The molecular formula is C24H32FN3O2. The molecule has 0 amide bonds. The van der Waals surface area contributed by atoms with E-state index in [1.54, 1.807) is 26.4 Å². The van der Waals surface area contributed by atoms with Gasteiger partial charge in [-0.15, -0.1) is 0 Å². The lowest BCUT2D eigenvalue weighted by atomic mass is 10.0. The minimum atomic E-state index is -0.122. The zero-order valence-corrected chi connectivity index (χ0v) is 18.0. The molecule has 2 saturated heterocycles. The molecule has 0 N–H and O–H groups in total. The molecule has 4 rings (SSSR count). The number of hydrogen-bond acceptors (Lipinski definition) is 5. The number of para-hydroxylation sites is 1. The van der Waals surface area contributed by atoms with Crippen molar-refractivity contribution >= 4 is 5.69 Å². The lowest BCUT2D eigenvalue weighted by molar-refractivity contribution is 0.0886. The van der Waals surface area contributed by atoms with Gasteiger partial charge in [-0.25, -0.2) is 4.39 Å². The Balaban J connectivity index is 1.34. The van der Waals surface area contributed by atoms with Gasteiger partial charge in [-0.2, -0.15) is 0 Å². The number of ether oxygens (including phenoxy) is 2. The number of hydrogen-bond donors (Lipinski definition) is 0. The van der Waals surface area contributed by atoms with Crippen molar-refractivity contribution in [3.05, 3.63) is 53.8 Å². The number of anilines is 1. The predicted octanol–water partition coefficient (Wildman–Crippen LogP) is 3.63. The Hall–Kier alpha value is -2.31. The largest absolute Gasteiger partial charge is 0.497 e. The third kappa shape index (κ3) is 4.87. The third-order valence-corrected chi connectivity index (χ3v) is 6.32. The van der Waals surface area contributed by atoms with Crippen LogP contribution >= 0.6 is 0 Å². The number of likely N-dealkylation sites (tertiary alicyclic amines) is 1. The number of halogens is 1. The summed E-state index contributed by atoms with van der Waals surface area (Å²) in [4.78, 5) is 7.30. The van der Waals surface area contributed by atoms with Gasteiger partial charge in [-0.05, 0) is 49.2 Å². The Morgan fingerprint density at radius 3 is 2.30 bits per heavy atom. The minimum absolute atomic E-state index is 0.122. The maximum atomic E-state index is 14.1. The van der Waals surface area contributed by atoms with E-state index in [4.69, 9.17) is 9.47 Å². The summed E-state index contributed by atoms with van der Waals surface area (Å²) in [6.45, 7) is 6.82. The molecule has 0 saturated carbocycles. The highest BCUT2D eigenvalue weighted by Gasteiger charge is 2.28. The van der Waals surface area contributed by atoms with E-state index in [2.05, 4.69) is 26.8 Å². The maximum Gasteiger partial charge on any atom is 0.146 e. The number of methoxy groups -OCH3 is 2. The molecule has 2 aliphatic heterocycles. The summed E-state index contributed by atoms with van der Waals surface area (Å²) in [6, 6.07) is 13.8. The molecule has 0 aromatic heterocycles. The van der Waals surface area contributed by atoms with Gasteiger partial charge in [0.2, 0.25) is 0 Å². The van der Waals surface area contributed by atoms with E-state index in [-0.39, 0.29) is 5.82 Å². The van der Waals surface area contributed by atoms with Crippen LogP contribution in [-0.4, -0.2) is 69.3 Å². The first-order valence-corrected chi connectivity index (χ1v) is 10.8. The molecule has 6 heteroatoms. The lowest BCUT2D eigenvalue weighted by Gasteiger charge is -2.44. The second kappa shape index (κ2) is 9.67. The van der Waals surface area contributed by atoms with Crippen LogP contribution in [0, 0.1) is 5.82 Å². The highest BCUT2D eigenvalue weighted by molar-refractivity contribution is 5.48. The quantitative estimate of drug-likeness (QED) is 0.721. The fourth-order valence-electron chi connectivity index (χ4n) is 4.72. The summed E-state index contributed by atoms with van der Waals surface area (Å²) in [5.74, 6) is 1.55. The van der Waals surface area contributed by atoms with Crippen molar-refractivity contribution in [1.29, 1.82) is 0 Å². The van der Waals surface area contributed by atoms with Crippen LogP contribution in [0.4, 0.5) is 10.1 Å². The number of piperidine rings is 1. The summed E-state index contributed by atoms with van der Waals surface area (Å²) in [5.41, 5.74) is 1.95. The second-order valence-corrected chi connectivity index (χ2v) is 8.23. The van der Waals surface area contributed by atoms with Gasteiger partial charge in [0.05, 0.1) is 19.9 Å². The SMILES string of the molecule is COc1cc(CN2CCC[C@@H](N3CCN(c4ccccc4F)CC3)C2)cc(OC)c1. The van der Waals surface area contributed by atoms with Gasteiger partial charge in [0.1, 0.15) is 17.3 Å². The Kier molecular flexibility index (Phi) is 6.75. The van der Waals surface area contributed by atoms with Crippen LogP contribution in [0.1, 0.15) is 18.4 Å². The van der Waals surface area contributed by atoms with Crippen LogP contribution in [0.25, 0.3) is 0 Å². The zero-order chi connectivity index (χ0) is 20.9. The van der Waals surface area contributed by atoms with E-state index in [0.717, 1.165) is 63.0 Å². The van der Waals surface area contributed by atoms with E-state index < -0.39 is 0 Å². The molecule has 2 aromatic carbocycles. The minimum Gasteiger partial charge on any atom is -0.497 e. The molecule has 30 heavy (non-hydrogen) atoms. The van der Waals surface area contributed by atoms with Gasteiger partial charge in [-0.3, -0.25) is 9.80 Å². The molecule has 0 aliphatic carbocycles. The van der Waals surface area contributed by atoms with Crippen molar-refractivity contribution in [3.8, 4) is 11.5 Å². The van der Waals surface area contributed by atoms with Gasteiger partial charge in [0, 0.05) is 51.4 Å². The molecule has 0 radical (unpaired) electrons. The number of piperazine rings is 1. The van der Waals surface area contributed by atoms with Crippen LogP contribution in [0.3, 0.4) is 0 Å². The smallest absolute Gasteiger partial charge is 0.146 e. The number of rotatable bonds is 6. The molecule has 0 unspecified atom stereocenters. The first-order valence-electron chi connectivity index (χ1n) is 10.8. The molecule has 5 nitrogen and oxygen atoms in total. The Morgan fingerprint density at radius 1 is 0.933 bits per heavy atom. The van der Waals surface area contributed by atoms with Crippen LogP contribution in [0.15, 0.2) is 42.5 Å². The van der Waals surface area contributed by atoms with E-state index in [1.807, 2.05) is 18.2 Å². The Morgan fingerprint density at radius 2 is 1.63 bits per heavy atom. The second-order valence-electron chi connectivity index (χ2n) is 8.23. The Labute approximate surface area is 179 Å². The van der Waals surface area contributed by atoms with Crippen LogP contribution in [-0.2, 0) is 6.54 Å². The fourth-order valence-corrected chi connectivity index (χ4v) is 4.72. The molecule has 2 fully saturated rings. The highest BCUT2D eigenvalue weighted by atomic mass is 19.1. The molecule has 2 heterocycles. The van der Waals surface area contributed by atoms with E-state index in [0.29, 0.717) is 6.04 Å². The Bertz CT molecular complexity index is 817. The van der Waals surface area contributed by atoms with Gasteiger partial charge in [0.15, 0.2) is 0 Å². The zero-order valence-electron chi connectivity index (χ0n) is 18.0. The molecule has 2 aromatic rings. The van der Waals surface area contributed by atoms with Crippen LogP contribution in [0.5, 0.6) is 11.5 Å². The molecule has 0 bridgehead atoms. The summed E-state index contributed by atoms with van der Waals surface area (Å²) < 4.78 is 25.0. The van der Waals surface area contributed by atoms with Crippen molar-refractivity contribution in [2.75, 3.05) is 58.4 Å². The van der Waals surface area contributed by atoms with Gasteiger partial charge in [0.25, 0.3) is 0 Å². The van der Waals surface area contributed by atoms with E-state index >= 15 is 0 Å². The van der Waals surface area contributed by atoms with Crippen molar-refractivity contribution in [2.24, 2.45) is 0 Å². The molecule has 162 valence electrons. The van der Waals surface area contributed by atoms with Crippen molar-refractivity contribution in [3.63, 3.8) is 0 Å². The first kappa shape index (κ1) is 20.9. The van der Waals surface area contributed by atoms with E-state index in [1.165, 1.54) is 18.4 Å². The standard InChI is InChI=1S/C24H32FN3O2/c1-29-21-14-19(15-22(16-21)30-2)17-26-9-5-6-20(18-26)27-10-12-28(13-11-27)24-8-4-3-7-23(24)25/h3-4,7-8,14-16,20H,5-6,9-13,17-18H2,1-2H3/t20-/m1/s1. The fraction of sp³-hybridized carbons (Fsp3) is 0.500. The van der Waals surface area contributed by atoms with Crippen molar-refractivity contribution in [2.45, 2.75) is 25.4 Å². The monoisotopic (exact) mass is 413 g/mol. The van der Waals surface area contributed by atoms with Crippen molar-refractivity contribution < 1.29 is 13.9 Å².